The van der Waals surface area contributed by atoms with Crippen molar-refractivity contribution in [1.82, 2.24) is 29.1 Å². The summed E-state index contributed by atoms with van der Waals surface area (Å²) in [5.41, 5.74) is 2.86. The van der Waals surface area contributed by atoms with E-state index in [4.69, 9.17) is 16.1 Å². The highest BCUT2D eigenvalue weighted by molar-refractivity contribution is 6.31. The normalized spacial score (nSPS) is 14.7. The van der Waals surface area contributed by atoms with Crippen molar-refractivity contribution in [2.75, 3.05) is 0 Å². The first-order valence-corrected chi connectivity index (χ1v) is 11.0. The number of imidazole rings is 1. The molecular weight excluding hydrogens is 428 g/mol. The molecule has 0 aliphatic heterocycles. The van der Waals surface area contributed by atoms with Crippen LogP contribution in [0.25, 0.3) is 28.1 Å². The van der Waals surface area contributed by atoms with Gasteiger partial charge in [0.05, 0.1) is 23.3 Å². The Labute approximate surface area is 187 Å². The molecule has 0 radical (unpaired) electrons. The fourth-order valence-electron chi connectivity index (χ4n) is 4.53. The van der Waals surface area contributed by atoms with E-state index in [0.717, 1.165) is 24.1 Å². The zero-order chi connectivity index (χ0) is 21.7. The van der Waals surface area contributed by atoms with Crippen LogP contribution in [-0.2, 0) is 6.54 Å². The third-order valence-corrected chi connectivity index (χ3v) is 6.34. The summed E-state index contributed by atoms with van der Waals surface area (Å²) in [6, 6.07) is 11.1. The molecule has 1 aliphatic carbocycles. The quantitative estimate of drug-likeness (QED) is 0.405. The number of halogens is 1. The molecule has 32 heavy (non-hydrogen) atoms. The van der Waals surface area contributed by atoms with E-state index >= 15 is 0 Å². The Morgan fingerprint density at radius 1 is 1.09 bits per heavy atom. The number of benzene rings is 1. The standard InChI is InChI=1S/C23H19ClN6O2/c24-15-8-9-17-18(11-15)29(12-16-7-3-4-10-25-16)23(31)20-19(26-13-30(17)20)21-27-22(32-28-21)14-5-1-2-6-14/h3-4,7-11,13-14H,1-2,5-6,12H2. The molecule has 9 heteroatoms. The lowest BCUT2D eigenvalue weighted by Gasteiger charge is -2.12. The van der Waals surface area contributed by atoms with Crippen molar-refractivity contribution in [3.8, 4) is 11.5 Å². The highest BCUT2D eigenvalue weighted by atomic mass is 35.5. The number of nitrogens with zero attached hydrogens (tertiary/aromatic N) is 6. The minimum atomic E-state index is -0.217. The highest BCUT2D eigenvalue weighted by Gasteiger charge is 2.26. The zero-order valence-electron chi connectivity index (χ0n) is 17.1. The Bertz CT molecular complexity index is 1500. The summed E-state index contributed by atoms with van der Waals surface area (Å²) in [6.45, 7) is 0.303. The lowest BCUT2D eigenvalue weighted by molar-refractivity contribution is 0.354. The first kappa shape index (κ1) is 19.2. The van der Waals surface area contributed by atoms with Gasteiger partial charge in [0.2, 0.25) is 11.7 Å². The molecule has 4 aromatic heterocycles. The predicted octanol–water partition coefficient (Wildman–Crippen LogP) is 4.45. The van der Waals surface area contributed by atoms with Gasteiger partial charge in [-0.25, -0.2) is 4.98 Å². The molecule has 160 valence electrons. The maximum absolute atomic E-state index is 13.7. The number of aromatic nitrogens is 6. The fourth-order valence-corrected chi connectivity index (χ4v) is 4.70. The van der Waals surface area contributed by atoms with Crippen molar-refractivity contribution >= 4 is 28.2 Å². The summed E-state index contributed by atoms with van der Waals surface area (Å²) in [6.07, 6.45) is 7.77. The Balaban J connectivity index is 1.57. The van der Waals surface area contributed by atoms with Crippen LogP contribution in [0.4, 0.5) is 0 Å². The van der Waals surface area contributed by atoms with Gasteiger partial charge in [-0.2, -0.15) is 4.98 Å². The Morgan fingerprint density at radius 2 is 1.97 bits per heavy atom. The van der Waals surface area contributed by atoms with Crippen LogP contribution >= 0.6 is 11.6 Å². The lowest BCUT2D eigenvalue weighted by Crippen LogP contribution is -2.24. The van der Waals surface area contributed by atoms with E-state index in [9.17, 15) is 4.79 Å². The summed E-state index contributed by atoms with van der Waals surface area (Å²) in [4.78, 5) is 27.2. The van der Waals surface area contributed by atoms with Gasteiger partial charge in [-0.05, 0) is 43.2 Å². The third kappa shape index (κ3) is 3.10. The molecule has 0 atom stereocenters. The predicted molar refractivity (Wildman–Crippen MR) is 120 cm³/mol. The molecule has 0 N–H and O–H groups in total. The van der Waals surface area contributed by atoms with Crippen LogP contribution in [0.15, 0.2) is 58.2 Å². The first-order valence-electron chi connectivity index (χ1n) is 10.6. The molecule has 0 amide bonds. The van der Waals surface area contributed by atoms with Crippen LogP contribution in [0.5, 0.6) is 0 Å². The molecule has 5 aromatic rings. The Hall–Kier alpha value is -3.52. The van der Waals surface area contributed by atoms with Crippen LogP contribution in [0.3, 0.4) is 0 Å². The highest BCUT2D eigenvalue weighted by Crippen LogP contribution is 2.34. The molecule has 6 rings (SSSR count). The number of rotatable bonds is 4. The number of hydrogen-bond acceptors (Lipinski definition) is 6. The van der Waals surface area contributed by atoms with Gasteiger partial charge in [0.1, 0.15) is 17.5 Å². The van der Waals surface area contributed by atoms with Crippen molar-refractivity contribution in [2.45, 2.75) is 38.1 Å². The molecule has 1 saturated carbocycles. The fraction of sp³-hybridized carbons (Fsp3) is 0.261. The zero-order valence-corrected chi connectivity index (χ0v) is 17.9. The van der Waals surface area contributed by atoms with Crippen molar-refractivity contribution in [2.24, 2.45) is 0 Å². The maximum atomic E-state index is 13.7. The smallest absolute Gasteiger partial charge is 0.278 e. The lowest BCUT2D eigenvalue weighted by atomic mass is 10.1. The van der Waals surface area contributed by atoms with Crippen molar-refractivity contribution in [3.63, 3.8) is 0 Å². The average molecular weight is 447 g/mol. The molecule has 0 bridgehead atoms. The van der Waals surface area contributed by atoms with Crippen molar-refractivity contribution < 1.29 is 4.52 Å². The largest absolute Gasteiger partial charge is 0.339 e. The van der Waals surface area contributed by atoms with Crippen molar-refractivity contribution in [3.05, 3.63) is 75.9 Å². The van der Waals surface area contributed by atoms with Crippen LogP contribution in [0.1, 0.15) is 43.2 Å². The summed E-state index contributed by atoms with van der Waals surface area (Å²) in [5, 5.41) is 4.71. The SMILES string of the molecule is O=c1c2c(-c3noc(C4CCCC4)n3)ncn2c2ccc(Cl)cc2n1Cc1ccccn1. The van der Waals surface area contributed by atoms with Gasteiger partial charge in [-0.3, -0.25) is 18.7 Å². The molecule has 8 nitrogen and oxygen atoms in total. The molecule has 1 aromatic carbocycles. The monoisotopic (exact) mass is 446 g/mol. The summed E-state index contributed by atoms with van der Waals surface area (Å²) in [5.74, 6) is 1.25. The summed E-state index contributed by atoms with van der Waals surface area (Å²) in [7, 11) is 0. The van der Waals surface area contributed by atoms with Gasteiger partial charge >= 0.3 is 0 Å². The minimum Gasteiger partial charge on any atom is -0.339 e. The van der Waals surface area contributed by atoms with E-state index in [2.05, 4.69) is 20.1 Å². The number of hydrogen-bond donors (Lipinski definition) is 0. The van der Waals surface area contributed by atoms with E-state index < -0.39 is 0 Å². The minimum absolute atomic E-state index is 0.217. The molecule has 0 unspecified atom stereocenters. The topological polar surface area (TPSA) is 91.1 Å². The molecule has 0 spiro atoms. The Morgan fingerprint density at radius 3 is 2.78 bits per heavy atom. The van der Waals surface area contributed by atoms with Crippen LogP contribution in [0.2, 0.25) is 5.02 Å². The summed E-state index contributed by atoms with van der Waals surface area (Å²) >= 11 is 6.27. The van der Waals surface area contributed by atoms with Gasteiger partial charge in [-0.1, -0.05) is 35.7 Å². The first-order chi connectivity index (χ1) is 15.7. The second-order valence-electron chi connectivity index (χ2n) is 8.09. The maximum Gasteiger partial charge on any atom is 0.278 e. The Kier molecular flexibility index (Phi) is 4.53. The van der Waals surface area contributed by atoms with E-state index in [1.54, 1.807) is 33.6 Å². The van der Waals surface area contributed by atoms with Crippen LogP contribution < -0.4 is 5.56 Å². The van der Waals surface area contributed by atoms with E-state index in [1.165, 1.54) is 12.8 Å². The summed E-state index contributed by atoms with van der Waals surface area (Å²) < 4.78 is 8.98. The van der Waals surface area contributed by atoms with Crippen LogP contribution in [0, 0.1) is 0 Å². The van der Waals surface area contributed by atoms with E-state index in [-0.39, 0.29) is 11.5 Å². The second-order valence-corrected chi connectivity index (χ2v) is 8.53. The number of fused-ring (bicyclic) bond motifs is 3. The number of pyridine rings is 1. The molecule has 1 fully saturated rings. The van der Waals surface area contributed by atoms with E-state index in [0.29, 0.717) is 40.0 Å². The van der Waals surface area contributed by atoms with Crippen molar-refractivity contribution in [1.29, 1.82) is 0 Å². The molecule has 1 aliphatic rings. The average Bonchev–Trinajstić information content (AvgIpc) is 3.57. The van der Waals surface area contributed by atoms with E-state index in [1.807, 2.05) is 24.3 Å². The van der Waals surface area contributed by atoms with Gasteiger partial charge in [0.25, 0.3) is 5.56 Å². The van der Waals surface area contributed by atoms with Crippen LogP contribution in [-0.4, -0.2) is 29.1 Å². The van der Waals surface area contributed by atoms with Gasteiger partial charge in [0.15, 0.2) is 0 Å². The molecule has 4 heterocycles. The molecule has 0 saturated heterocycles. The van der Waals surface area contributed by atoms with Gasteiger partial charge < -0.3 is 4.52 Å². The van der Waals surface area contributed by atoms with Gasteiger partial charge in [-0.15, -0.1) is 0 Å². The third-order valence-electron chi connectivity index (χ3n) is 6.11. The second kappa shape index (κ2) is 7.56. The van der Waals surface area contributed by atoms with Gasteiger partial charge in [0, 0.05) is 17.1 Å². The molecular formula is C23H19ClN6O2.